The number of carbonyl (C=O) groups excluding carboxylic acids is 1. The zero-order chi connectivity index (χ0) is 21.2. The van der Waals surface area contributed by atoms with Crippen molar-refractivity contribution in [3.8, 4) is 17.2 Å². The van der Waals surface area contributed by atoms with E-state index in [1.807, 2.05) is 13.8 Å². The number of rotatable bonds is 12. The molecule has 0 saturated heterocycles. The van der Waals surface area contributed by atoms with Crippen molar-refractivity contribution >= 4 is 11.8 Å². The minimum atomic E-state index is -1.05. The summed E-state index contributed by atoms with van der Waals surface area (Å²) in [5.41, 5.74) is 0.387. The molecule has 2 N–H and O–H groups in total. The average Bonchev–Trinajstić information content (AvgIpc) is 2.72. The van der Waals surface area contributed by atoms with E-state index in [9.17, 15) is 14.7 Å². The van der Waals surface area contributed by atoms with Crippen molar-refractivity contribution < 1.29 is 34.0 Å². The van der Waals surface area contributed by atoms with Gasteiger partial charge < -0.3 is 24.4 Å². The van der Waals surface area contributed by atoms with E-state index in [1.54, 1.807) is 48.5 Å². The van der Waals surface area contributed by atoms with Crippen LogP contribution in [0.4, 0.5) is 0 Å². The summed E-state index contributed by atoms with van der Waals surface area (Å²) in [7, 11) is 0. The number of hydrogen-bond acceptors (Lipinski definition) is 6. The van der Waals surface area contributed by atoms with Crippen molar-refractivity contribution in [3.63, 3.8) is 0 Å². The Hall–Kier alpha value is -3.06. The summed E-state index contributed by atoms with van der Waals surface area (Å²) in [5.74, 6) is 0.0411. The molecule has 0 amide bonds. The molecule has 0 saturated carbocycles. The van der Waals surface area contributed by atoms with E-state index in [0.717, 1.165) is 6.42 Å². The summed E-state index contributed by atoms with van der Waals surface area (Å²) < 4.78 is 16.7. The molecular formula is C22H26O7. The quantitative estimate of drug-likeness (QED) is 0.412. The Labute approximate surface area is 169 Å². The van der Waals surface area contributed by atoms with Gasteiger partial charge in [0.1, 0.15) is 23.4 Å². The van der Waals surface area contributed by atoms with Gasteiger partial charge in [0.05, 0.1) is 0 Å². The maximum atomic E-state index is 12.3. The molecule has 2 unspecified atom stereocenters. The van der Waals surface area contributed by atoms with E-state index < -0.39 is 25.0 Å². The number of Topliss-reactive ketones (excluding diaryl/α,β-unsaturated/α-hetero) is 1. The van der Waals surface area contributed by atoms with Crippen LogP contribution >= 0.6 is 0 Å². The molecule has 2 aromatic rings. The molecule has 2 atom stereocenters. The molecule has 0 aliphatic carbocycles. The molecule has 0 aliphatic heterocycles. The highest BCUT2D eigenvalue weighted by atomic mass is 16.7. The second-order valence-electron chi connectivity index (χ2n) is 6.42. The summed E-state index contributed by atoms with van der Waals surface area (Å²) in [4.78, 5) is 22.8. The minimum absolute atomic E-state index is 0.330. The van der Waals surface area contributed by atoms with Gasteiger partial charge >= 0.3 is 5.97 Å². The average molecular weight is 402 g/mol. The molecule has 29 heavy (non-hydrogen) atoms. The number of hydrogen-bond donors (Lipinski definition) is 2. The number of ether oxygens (including phenoxy) is 3. The number of ketones is 1. The molecule has 2 aromatic carbocycles. The van der Waals surface area contributed by atoms with Gasteiger partial charge in [-0.1, -0.05) is 32.4 Å². The summed E-state index contributed by atoms with van der Waals surface area (Å²) in [6, 6.07) is 13.2. The monoisotopic (exact) mass is 402 g/mol. The van der Waals surface area contributed by atoms with Crippen LogP contribution in [0.25, 0.3) is 0 Å². The van der Waals surface area contributed by atoms with Gasteiger partial charge in [-0.15, -0.1) is 0 Å². The van der Waals surface area contributed by atoms with Crippen LogP contribution in [0.15, 0.2) is 48.5 Å². The van der Waals surface area contributed by atoms with Gasteiger partial charge in [0, 0.05) is 12.0 Å². The molecule has 156 valence electrons. The second-order valence-corrected chi connectivity index (χ2v) is 6.42. The molecule has 0 aliphatic rings. The third-order valence-corrected chi connectivity index (χ3v) is 4.04. The number of aliphatic hydroxyl groups excluding tert-OH is 1. The summed E-state index contributed by atoms with van der Waals surface area (Å²) in [6.07, 6.45) is 0.0710. The van der Waals surface area contributed by atoms with Crippen molar-refractivity contribution in [1.29, 1.82) is 0 Å². The van der Waals surface area contributed by atoms with Crippen molar-refractivity contribution in [2.45, 2.75) is 45.5 Å². The first-order chi connectivity index (χ1) is 13.9. The Bertz CT molecular complexity index is 801. The van der Waals surface area contributed by atoms with Crippen molar-refractivity contribution in [2.24, 2.45) is 0 Å². The Morgan fingerprint density at radius 1 is 0.966 bits per heavy atom. The smallest absolute Gasteiger partial charge is 0.341 e. The maximum absolute atomic E-state index is 12.3. The molecule has 0 radical (unpaired) electrons. The summed E-state index contributed by atoms with van der Waals surface area (Å²) in [5, 5.41) is 18.5. The highest BCUT2D eigenvalue weighted by molar-refractivity contribution is 5.99. The summed E-state index contributed by atoms with van der Waals surface area (Å²) in [6.45, 7) is 3.39. The fourth-order valence-corrected chi connectivity index (χ4v) is 2.57. The van der Waals surface area contributed by atoms with Gasteiger partial charge in [0.25, 0.3) is 0 Å². The van der Waals surface area contributed by atoms with E-state index in [0.29, 0.717) is 35.7 Å². The number of carboxylic acid groups (broad SMARTS) is 1. The number of benzene rings is 2. The first-order valence-corrected chi connectivity index (χ1v) is 9.53. The predicted octanol–water partition coefficient (Wildman–Crippen LogP) is 3.69. The lowest BCUT2D eigenvalue weighted by molar-refractivity contribution is -0.139. The van der Waals surface area contributed by atoms with Gasteiger partial charge in [-0.05, 0) is 42.8 Å². The molecule has 7 nitrogen and oxygen atoms in total. The van der Waals surface area contributed by atoms with Crippen LogP contribution in [0.3, 0.4) is 0 Å². The second kappa shape index (κ2) is 11.1. The third kappa shape index (κ3) is 7.12. The van der Waals surface area contributed by atoms with Crippen LogP contribution in [0.5, 0.6) is 17.2 Å². The Morgan fingerprint density at radius 2 is 1.62 bits per heavy atom. The van der Waals surface area contributed by atoms with Crippen LogP contribution in [-0.4, -0.2) is 41.0 Å². The Balaban J connectivity index is 2.00. The third-order valence-electron chi connectivity index (χ3n) is 4.04. The SMILES string of the molecule is CCCC(O)C(=O)c1cccc(OC(CC)Oc2ccc(OCC(=O)O)cc2)c1. The van der Waals surface area contributed by atoms with Gasteiger partial charge in [-0.25, -0.2) is 4.79 Å². The van der Waals surface area contributed by atoms with Crippen molar-refractivity contribution in [2.75, 3.05) is 6.61 Å². The molecule has 0 bridgehead atoms. The van der Waals surface area contributed by atoms with Gasteiger partial charge in [0.15, 0.2) is 12.4 Å². The normalized spacial score (nSPS) is 12.7. The van der Waals surface area contributed by atoms with E-state index in [2.05, 4.69) is 0 Å². The van der Waals surface area contributed by atoms with Crippen LogP contribution in [-0.2, 0) is 4.79 Å². The fourth-order valence-electron chi connectivity index (χ4n) is 2.57. The standard InChI is InChI=1S/C22H26O7/c1-3-6-19(23)22(26)15-7-5-8-18(13-15)29-21(4-2)28-17-11-9-16(10-12-17)27-14-20(24)25/h5,7-13,19,21,23H,3-4,6,14H2,1-2H3,(H,24,25). The van der Waals surface area contributed by atoms with Crippen molar-refractivity contribution in [3.05, 3.63) is 54.1 Å². The van der Waals surface area contributed by atoms with Crippen LogP contribution in [0.2, 0.25) is 0 Å². The zero-order valence-electron chi connectivity index (χ0n) is 16.5. The topological polar surface area (TPSA) is 102 Å². The number of carboxylic acids is 1. The Morgan fingerprint density at radius 3 is 2.24 bits per heavy atom. The maximum Gasteiger partial charge on any atom is 0.341 e. The number of carbonyl (C=O) groups is 2. The largest absolute Gasteiger partial charge is 0.482 e. The number of aliphatic hydroxyl groups is 1. The highest BCUT2D eigenvalue weighted by Gasteiger charge is 2.17. The van der Waals surface area contributed by atoms with E-state index in [-0.39, 0.29) is 5.78 Å². The first kappa shape index (κ1) is 22.2. The van der Waals surface area contributed by atoms with E-state index >= 15 is 0 Å². The zero-order valence-corrected chi connectivity index (χ0v) is 16.5. The first-order valence-electron chi connectivity index (χ1n) is 9.53. The van der Waals surface area contributed by atoms with Crippen LogP contribution in [0.1, 0.15) is 43.5 Å². The van der Waals surface area contributed by atoms with Crippen LogP contribution < -0.4 is 14.2 Å². The molecule has 0 heterocycles. The number of aliphatic carboxylic acids is 1. The lowest BCUT2D eigenvalue weighted by Crippen LogP contribution is -2.23. The predicted molar refractivity (Wildman–Crippen MR) is 107 cm³/mol. The summed E-state index contributed by atoms with van der Waals surface area (Å²) >= 11 is 0. The lowest BCUT2D eigenvalue weighted by atomic mass is 10.0. The molecule has 7 heteroatoms. The molecule has 2 rings (SSSR count). The van der Waals surface area contributed by atoms with Crippen molar-refractivity contribution in [1.82, 2.24) is 0 Å². The Kier molecular flexibility index (Phi) is 8.48. The lowest BCUT2D eigenvalue weighted by Gasteiger charge is -2.20. The molecular weight excluding hydrogens is 376 g/mol. The molecule has 0 spiro atoms. The molecule has 0 aromatic heterocycles. The van der Waals surface area contributed by atoms with Gasteiger partial charge in [-0.2, -0.15) is 0 Å². The van der Waals surface area contributed by atoms with Gasteiger partial charge in [0.2, 0.25) is 6.29 Å². The fraction of sp³-hybridized carbons (Fsp3) is 0.364. The minimum Gasteiger partial charge on any atom is -0.482 e. The molecule has 0 fully saturated rings. The highest BCUT2D eigenvalue weighted by Crippen LogP contribution is 2.22. The van der Waals surface area contributed by atoms with Gasteiger partial charge in [-0.3, -0.25) is 4.79 Å². The van der Waals surface area contributed by atoms with E-state index in [1.165, 1.54) is 0 Å². The van der Waals surface area contributed by atoms with Crippen LogP contribution in [0, 0.1) is 0 Å². The van der Waals surface area contributed by atoms with E-state index in [4.69, 9.17) is 19.3 Å².